The molecule has 6 heteroatoms. The predicted octanol–water partition coefficient (Wildman–Crippen LogP) is 4.44. The van der Waals surface area contributed by atoms with Crippen LogP contribution in [0.15, 0.2) is 42.5 Å². The Bertz CT molecular complexity index is 662. The zero-order chi connectivity index (χ0) is 15.9. The molecule has 0 bridgehead atoms. The van der Waals surface area contributed by atoms with E-state index in [1.807, 2.05) is 31.2 Å². The van der Waals surface area contributed by atoms with Gasteiger partial charge in [-0.25, -0.2) is 0 Å². The number of nitrogens with one attached hydrogen (secondary N) is 2. The number of hydrogen-bond donors (Lipinski definition) is 2. The van der Waals surface area contributed by atoms with Crippen LogP contribution in [0.25, 0.3) is 0 Å². The first-order valence-electron chi connectivity index (χ1n) is 6.80. The Morgan fingerprint density at radius 3 is 2.64 bits per heavy atom. The number of benzene rings is 2. The molecule has 0 aliphatic rings. The van der Waals surface area contributed by atoms with Gasteiger partial charge < -0.3 is 15.4 Å². The number of ether oxygens (including phenoxy) is 1. The number of amides is 1. The molecule has 0 aliphatic heterocycles. The SMILES string of the molecule is CCOc1ccccc1NCC(=O)Nc1ccc(Cl)cc1Cl. The van der Waals surface area contributed by atoms with Gasteiger partial charge in [0.15, 0.2) is 0 Å². The Morgan fingerprint density at radius 2 is 1.91 bits per heavy atom. The van der Waals surface area contributed by atoms with Crippen molar-refractivity contribution in [3.63, 3.8) is 0 Å². The van der Waals surface area contributed by atoms with Crippen LogP contribution in [0.3, 0.4) is 0 Å². The number of hydrogen-bond acceptors (Lipinski definition) is 3. The lowest BCUT2D eigenvalue weighted by Crippen LogP contribution is -2.22. The number of rotatable bonds is 6. The Morgan fingerprint density at radius 1 is 1.14 bits per heavy atom. The van der Waals surface area contributed by atoms with E-state index >= 15 is 0 Å². The van der Waals surface area contributed by atoms with Gasteiger partial charge in [-0.2, -0.15) is 0 Å². The first-order chi connectivity index (χ1) is 10.6. The largest absolute Gasteiger partial charge is 0.492 e. The van der Waals surface area contributed by atoms with E-state index in [4.69, 9.17) is 27.9 Å². The van der Waals surface area contributed by atoms with Gasteiger partial charge in [-0.05, 0) is 37.3 Å². The van der Waals surface area contributed by atoms with Gasteiger partial charge in [0.05, 0.1) is 29.5 Å². The molecule has 0 spiro atoms. The Labute approximate surface area is 139 Å². The lowest BCUT2D eigenvalue weighted by Gasteiger charge is -2.12. The van der Waals surface area contributed by atoms with Crippen LogP contribution in [0.1, 0.15) is 6.92 Å². The summed E-state index contributed by atoms with van der Waals surface area (Å²) in [4.78, 5) is 12.0. The third kappa shape index (κ3) is 4.55. The van der Waals surface area contributed by atoms with Gasteiger partial charge >= 0.3 is 0 Å². The second kappa shape index (κ2) is 7.92. The second-order valence-electron chi connectivity index (χ2n) is 4.46. The summed E-state index contributed by atoms with van der Waals surface area (Å²) in [6.45, 7) is 2.57. The van der Waals surface area contributed by atoms with E-state index in [0.717, 1.165) is 5.69 Å². The number of para-hydroxylation sites is 2. The topological polar surface area (TPSA) is 50.4 Å². The van der Waals surface area contributed by atoms with E-state index in [-0.39, 0.29) is 12.5 Å². The van der Waals surface area contributed by atoms with Crippen LogP contribution in [0.4, 0.5) is 11.4 Å². The Kier molecular flexibility index (Phi) is 5.92. The molecule has 0 saturated heterocycles. The molecular formula is C16H16Cl2N2O2. The van der Waals surface area contributed by atoms with Gasteiger partial charge in [0.2, 0.25) is 5.91 Å². The zero-order valence-electron chi connectivity index (χ0n) is 12.0. The maximum Gasteiger partial charge on any atom is 0.243 e. The molecule has 0 heterocycles. The molecule has 2 aromatic rings. The quantitative estimate of drug-likeness (QED) is 0.818. The average molecular weight is 339 g/mol. The molecule has 1 amide bonds. The van der Waals surface area contributed by atoms with Crippen LogP contribution in [0.2, 0.25) is 10.0 Å². The van der Waals surface area contributed by atoms with Crippen LogP contribution in [0, 0.1) is 0 Å². The first kappa shape index (κ1) is 16.5. The zero-order valence-corrected chi connectivity index (χ0v) is 13.5. The highest BCUT2D eigenvalue weighted by molar-refractivity contribution is 6.36. The molecule has 2 N–H and O–H groups in total. The first-order valence-corrected chi connectivity index (χ1v) is 7.56. The molecule has 22 heavy (non-hydrogen) atoms. The van der Waals surface area contributed by atoms with E-state index < -0.39 is 0 Å². The third-order valence-corrected chi connectivity index (χ3v) is 3.38. The standard InChI is InChI=1S/C16H16Cl2N2O2/c1-2-22-15-6-4-3-5-14(15)19-10-16(21)20-13-8-7-11(17)9-12(13)18/h3-9,19H,2,10H2,1H3,(H,20,21). The molecule has 0 atom stereocenters. The number of anilines is 2. The Balaban J connectivity index is 1.95. The van der Waals surface area contributed by atoms with Crippen LogP contribution < -0.4 is 15.4 Å². The molecule has 4 nitrogen and oxygen atoms in total. The lowest BCUT2D eigenvalue weighted by molar-refractivity contribution is -0.114. The minimum atomic E-state index is -0.212. The number of carbonyl (C=O) groups excluding carboxylic acids is 1. The maximum atomic E-state index is 12.0. The minimum absolute atomic E-state index is 0.100. The molecule has 0 radical (unpaired) electrons. The molecule has 116 valence electrons. The summed E-state index contributed by atoms with van der Waals surface area (Å²) in [6, 6.07) is 12.4. The highest BCUT2D eigenvalue weighted by atomic mass is 35.5. The molecule has 0 fully saturated rings. The molecule has 0 aliphatic carbocycles. The van der Waals surface area contributed by atoms with Crippen molar-refractivity contribution in [3.05, 3.63) is 52.5 Å². The summed E-state index contributed by atoms with van der Waals surface area (Å²) < 4.78 is 5.49. The summed E-state index contributed by atoms with van der Waals surface area (Å²) in [5.41, 5.74) is 1.29. The average Bonchev–Trinajstić information content (AvgIpc) is 2.49. The lowest BCUT2D eigenvalue weighted by atomic mass is 10.3. The highest BCUT2D eigenvalue weighted by Gasteiger charge is 2.08. The summed E-state index contributed by atoms with van der Waals surface area (Å²) in [5.74, 6) is 0.498. The fraction of sp³-hybridized carbons (Fsp3) is 0.188. The predicted molar refractivity (Wildman–Crippen MR) is 91.2 cm³/mol. The van der Waals surface area contributed by atoms with Crippen molar-refractivity contribution in [1.82, 2.24) is 0 Å². The summed E-state index contributed by atoms with van der Waals surface area (Å²) in [5, 5.41) is 6.69. The number of carbonyl (C=O) groups is 1. The summed E-state index contributed by atoms with van der Waals surface area (Å²) >= 11 is 11.8. The normalized spacial score (nSPS) is 10.1. The van der Waals surface area contributed by atoms with Gasteiger partial charge in [-0.1, -0.05) is 35.3 Å². The molecule has 0 aromatic heterocycles. The van der Waals surface area contributed by atoms with Gasteiger partial charge in [0, 0.05) is 5.02 Å². The highest BCUT2D eigenvalue weighted by Crippen LogP contribution is 2.26. The van der Waals surface area contributed by atoms with Crippen molar-refractivity contribution < 1.29 is 9.53 Å². The Hall–Kier alpha value is -1.91. The molecular weight excluding hydrogens is 323 g/mol. The number of halogens is 2. The van der Waals surface area contributed by atoms with E-state index in [0.29, 0.717) is 28.1 Å². The van der Waals surface area contributed by atoms with E-state index in [1.165, 1.54) is 0 Å². The monoisotopic (exact) mass is 338 g/mol. The van der Waals surface area contributed by atoms with Crippen LogP contribution in [0.5, 0.6) is 5.75 Å². The second-order valence-corrected chi connectivity index (χ2v) is 5.30. The van der Waals surface area contributed by atoms with Crippen LogP contribution in [-0.4, -0.2) is 19.1 Å². The van der Waals surface area contributed by atoms with E-state index in [2.05, 4.69) is 10.6 Å². The van der Waals surface area contributed by atoms with Crippen molar-refractivity contribution >= 4 is 40.5 Å². The van der Waals surface area contributed by atoms with Crippen molar-refractivity contribution in [3.8, 4) is 5.75 Å². The fourth-order valence-corrected chi connectivity index (χ4v) is 2.31. The third-order valence-electron chi connectivity index (χ3n) is 2.83. The molecule has 2 aromatic carbocycles. The molecule has 0 saturated carbocycles. The van der Waals surface area contributed by atoms with Crippen molar-refractivity contribution in [1.29, 1.82) is 0 Å². The van der Waals surface area contributed by atoms with E-state index in [9.17, 15) is 4.79 Å². The van der Waals surface area contributed by atoms with Crippen molar-refractivity contribution in [2.45, 2.75) is 6.92 Å². The molecule has 0 unspecified atom stereocenters. The van der Waals surface area contributed by atoms with Crippen LogP contribution >= 0.6 is 23.2 Å². The van der Waals surface area contributed by atoms with E-state index in [1.54, 1.807) is 18.2 Å². The smallest absolute Gasteiger partial charge is 0.243 e. The fourth-order valence-electron chi connectivity index (χ4n) is 1.85. The molecule has 2 rings (SSSR count). The summed E-state index contributed by atoms with van der Waals surface area (Å²) in [6.07, 6.45) is 0. The van der Waals surface area contributed by atoms with Gasteiger partial charge in [-0.3, -0.25) is 4.79 Å². The van der Waals surface area contributed by atoms with Gasteiger partial charge in [0.25, 0.3) is 0 Å². The van der Waals surface area contributed by atoms with Crippen LogP contribution in [-0.2, 0) is 4.79 Å². The van der Waals surface area contributed by atoms with Crippen molar-refractivity contribution in [2.24, 2.45) is 0 Å². The maximum absolute atomic E-state index is 12.0. The summed E-state index contributed by atoms with van der Waals surface area (Å²) in [7, 11) is 0. The minimum Gasteiger partial charge on any atom is -0.492 e. The van der Waals surface area contributed by atoms with Crippen molar-refractivity contribution in [2.75, 3.05) is 23.8 Å². The van der Waals surface area contributed by atoms with Gasteiger partial charge in [0.1, 0.15) is 5.75 Å². The van der Waals surface area contributed by atoms with Gasteiger partial charge in [-0.15, -0.1) is 0 Å².